The van der Waals surface area contributed by atoms with E-state index in [9.17, 15) is 4.79 Å². The van der Waals surface area contributed by atoms with Crippen LogP contribution in [0, 0.1) is 6.92 Å². The third-order valence-electron chi connectivity index (χ3n) is 2.93. The molecule has 3 aromatic rings. The Hall–Kier alpha value is -1.85. The van der Waals surface area contributed by atoms with Gasteiger partial charge in [-0.25, -0.2) is 9.50 Å². The first kappa shape index (κ1) is 13.1. The monoisotopic (exact) mass is 308 g/mol. The number of fused-ring (bicyclic) bond motifs is 1. The minimum absolute atomic E-state index is 0.147. The second kappa shape index (κ2) is 4.92. The van der Waals surface area contributed by atoms with Crippen molar-refractivity contribution in [2.24, 2.45) is 0 Å². The minimum Gasteiger partial charge on any atom is -0.306 e. The standard InChI is InChI=1S/C13H10Cl2N4O/c1-8-6-11-13(20)18(4-5-19(11)17-8)7-10-9(14)2-3-12(15)16-10/h2-6H,7H2,1H3. The highest BCUT2D eigenvalue weighted by molar-refractivity contribution is 6.32. The Kier molecular flexibility index (Phi) is 3.23. The van der Waals surface area contributed by atoms with Gasteiger partial charge in [-0.3, -0.25) is 4.79 Å². The number of aryl methyl sites for hydroxylation is 1. The molecular formula is C13H10Cl2N4O. The Bertz CT molecular complexity index is 853. The van der Waals surface area contributed by atoms with Crippen LogP contribution in [0.4, 0.5) is 0 Å². The molecule has 0 saturated carbocycles. The highest BCUT2D eigenvalue weighted by Crippen LogP contribution is 2.17. The molecule has 0 fully saturated rings. The third-order valence-corrected chi connectivity index (χ3v) is 3.49. The molecule has 0 aliphatic rings. The number of aromatic nitrogens is 4. The molecule has 0 atom stereocenters. The average molecular weight is 309 g/mol. The highest BCUT2D eigenvalue weighted by atomic mass is 35.5. The van der Waals surface area contributed by atoms with Crippen molar-refractivity contribution in [3.63, 3.8) is 0 Å². The summed E-state index contributed by atoms with van der Waals surface area (Å²) in [6.45, 7) is 2.10. The first-order valence-electron chi connectivity index (χ1n) is 5.91. The van der Waals surface area contributed by atoms with Gasteiger partial charge in [0.2, 0.25) is 0 Å². The molecule has 20 heavy (non-hydrogen) atoms. The molecule has 3 aromatic heterocycles. The molecule has 0 aliphatic heterocycles. The summed E-state index contributed by atoms with van der Waals surface area (Å²) in [4.78, 5) is 16.5. The summed E-state index contributed by atoms with van der Waals surface area (Å²) in [7, 11) is 0. The van der Waals surface area contributed by atoms with E-state index < -0.39 is 0 Å². The van der Waals surface area contributed by atoms with Crippen molar-refractivity contribution in [3.05, 3.63) is 62.5 Å². The Balaban J connectivity index is 2.09. The van der Waals surface area contributed by atoms with E-state index in [1.807, 2.05) is 6.92 Å². The summed E-state index contributed by atoms with van der Waals surface area (Å²) >= 11 is 11.9. The summed E-state index contributed by atoms with van der Waals surface area (Å²) in [6, 6.07) is 5.02. The molecule has 7 heteroatoms. The van der Waals surface area contributed by atoms with E-state index in [1.165, 1.54) is 4.57 Å². The maximum Gasteiger partial charge on any atom is 0.276 e. The van der Waals surface area contributed by atoms with Crippen LogP contribution in [-0.4, -0.2) is 19.2 Å². The summed E-state index contributed by atoms with van der Waals surface area (Å²) in [6.07, 6.45) is 3.38. The molecule has 3 heterocycles. The van der Waals surface area contributed by atoms with E-state index in [0.29, 0.717) is 21.4 Å². The lowest BCUT2D eigenvalue weighted by Gasteiger charge is -2.07. The van der Waals surface area contributed by atoms with Crippen molar-refractivity contribution >= 4 is 28.7 Å². The normalized spacial score (nSPS) is 11.2. The maximum absolute atomic E-state index is 12.3. The van der Waals surface area contributed by atoms with Crippen molar-refractivity contribution in [3.8, 4) is 0 Å². The van der Waals surface area contributed by atoms with Gasteiger partial charge >= 0.3 is 0 Å². The van der Waals surface area contributed by atoms with Gasteiger partial charge in [0.25, 0.3) is 5.56 Å². The maximum atomic E-state index is 12.3. The first-order valence-corrected chi connectivity index (χ1v) is 6.66. The van der Waals surface area contributed by atoms with Crippen molar-refractivity contribution in [2.45, 2.75) is 13.5 Å². The van der Waals surface area contributed by atoms with Crippen molar-refractivity contribution in [1.82, 2.24) is 19.2 Å². The number of halogens is 2. The van der Waals surface area contributed by atoms with E-state index in [4.69, 9.17) is 23.2 Å². The fourth-order valence-electron chi connectivity index (χ4n) is 2.00. The quantitative estimate of drug-likeness (QED) is 0.684. The molecule has 0 N–H and O–H groups in total. The van der Waals surface area contributed by atoms with Crippen LogP contribution in [0.5, 0.6) is 0 Å². The molecule has 3 rings (SSSR count). The van der Waals surface area contributed by atoms with Crippen molar-refractivity contribution in [1.29, 1.82) is 0 Å². The lowest BCUT2D eigenvalue weighted by molar-refractivity contribution is 0.725. The Morgan fingerprint density at radius 3 is 2.85 bits per heavy atom. The predicted molar refractivity (Wildman–Crippen MR) is 77.5 cm³/mol. The van der Waals surface area contributed by atoms with E-state index in [0.717, 1.165) is 5.69 Å². The third kappa shape index (κ3) is 2.30. The van der Waals surface area contributed by atoms with E-state index >= 15 is 0 Å². The molecule has 0 radical (unpaired) electrons. The Morgan fingerprint density at radius 1 is 1.25 bits per heavy atom. The SMILES string of the molecule is Cc1cc2c(=O)n(Cc3nc(Cl)ccc3Cl)ccn2n1. The predicted octanol–water partition coefficient (Wildman–Crippen LogP) is 2.55. The van der Waals surface area contributed by atoms with Crippen molar-refractivity contribution < 1.29 is 0 Å². The summed E-state index contributed by atoms with van der Waals surface area (Å²) in [5.74, 6) is 0. The lowest BCUT2D eigenvalue weighted by Crippen LogP contribution is -2.22. The molecule has 0 bridgehead atoms. The molecule has 0 unspecified atom stereocenters. The second-order valence-corrected chi connectivity index (χ2v) is 5.20. The highest BCUT2D eigenvalue weighted by Gasteiger charge is 2.09. The smallest absolute Gasteiger partial charge is 0.276 e. The molecule has 5 nitrogen and oxygen atoms in total. The van der Waals surface area contributed by atoms with Gasteiger partial charge in [0.1, 0.15) is 10.7 Å². The molecule has 0 aromatic carbocycles. The van der Waals surface area contributed by atoms with E-state index in [2.05, 4.69) is 10.1 Å². The van der Waals surface area contributed by atoms with Gasteiger partial charge in [-0.2, -0.15) is 5.10 Å². The van der Waals surface area contributed by atoms with Gasteiger partial charge in [0.05, 0.1) is 23.0 Å². The van der Waals surface area contributed by atoms with Gasteiger partial charge in [0.15, 0.2) is 0 Å². The van der Waals surface area contributed by atoms with Crippen LogP contribution in [0.15, 0.2) is 35.4 Å². The number of rotatable bonds is 2. The fourth-order valence-corrected chi connectivity index (χ4v) is 2.33. The van der Waals surface area contributed by atoms with E-state index in [-0.39, 0.29) is 12.1 Å². The van der Waals surface area contributed by atoms with E-state index in [1.54, 1.807) is 35.1 Å². The number of hydrogen-bond acceptors (Lipinski definition) is 3. The van der Waals surface area contributed by atoms with Gasteiger partial charge in [0, 0.05) is 12.4 Å². The molecule has 0 spiro atoms. The van der Waals surface area contributed by atoms with Crippen molar-refractivity contribution in [2.75, 3.05) is 0 Å². The second-order valence-electron chi connectivity index (χ2n) is 4.41. The molecule has 102 valence electrons. The van der Waals surface area contributed by atoms with Crippen LogP contribution in [0.2, 0.25) is 10.2 Å². The zero-order chi connectivity index (χ0) is 14.3. The van der Waals surface area contributed by atoms with Gasteiger partial charge in [-0.05, 0) is 25.1 Å². The molecule has 0 saturated heterocycles. The molecular weight excluding hydrogens is 299 g/mol. The average Bonchev–Trinajstić information content (AvgIpc) is 2.79. The van der Waals surface area contributed by atoms with Crippen LogP contribution in [0.1, 0.15) is 11.4 Å². The van der Waals surface area contributed by atoms with Gasteiger partial charge in [-0.1, -0.05) is 23.2 Å². The zero-order valence-corrected chi connectivity index (χ0v) is 12.1. The zero-order valence-electron chi connectivity index (χ0n) is 10.5. The van der Waals surface area contributed by atoms with Crippen LogP contribution in [0.25, 0.3) is 5.52 Å². The minimum atomic E-state index is -0.147. The Labute approximate surface area is 124 Å². The summed E-state index contributed by atoms with van der Waals surface area (Å²) in [5, 5.41) is 5.02. The first-order chi connectivity index (χ1) is 9.54. The van der Waals surface area contributed by atoms with Crippen LogP contribution < -0.4 is 5.56 Å². The Morgan fingerprint density at radius 2 is 2.05 bits per heavy atom. The topological polar surface area (TPSA) is 52.2 Å². The fraction of sp³-hybridized carbons (Fsp3) is 0.154. The number of pyridine rings is 1. The molecule has 0 amide bonds. The van der Waals surface area contributed by atoms with Gasteiger partial charge in [-0.15, -0.1) is 0 Å². The molecule has 0 aliphatic carbocycles. The largest absolute Gasteiger partial charge is 0.306 e. The number of hydrogen-bond donors (Lipinski definition) is 0. The number of nitrogens with zero attached hydrogens (tertiary/aromatic N) is 4. The van der Waals surface area contributed by atoms with Crippen LogP contribution in [-0.2, 0) is 6.54 Å². The summed E-state index contributed by atoms with van der Waals surface area (Å²) < 4.78 is 3.09. The lowest BCUT2D eigenvalue weighted by atomic mass is 10.3. The van der Waals surface area contributed by atoms with Gasteiger partial charge < -0.3 is 4.57 Å². The van der Waals surface area contributed by atoms with Crippen LogP contribution in [0.3, 0.4) is 0 Å². The van der Waals surface area contributed by atoms with Crippen LogP contribution >= 0.6 is 23.2 Å². The summed E-state index contributed by atoms with van der Waals surface area (Å²) in [5.41, 5.74) is 1.72.